The summed E-state index contributed by atoms with van der Waals surface area (Å²) in [5.74, 6) is -4.19. The Morgan fingerprint density at radius 3 is 1.89 bits per heavy atom. The average Bonchev–Trinajstić information content (AvgIpc) is 2.58. The van der Waals surface area contributed by atoms with Crippen LogP contribution in [0.3, 0.4) is 0 Å². The van der Waals surface area contributed by atoms with Crippen molar-refractivity contribution in [2.45, 2.75) is 72.0 Å². The molecule has 0 aromatic carbocycles. The monoisotopic (exact) mass is 400 g/mol. The van der Waals surface area contributed by atoms with Crippen molar-refractivity contribution < 1.29 is 29.1 Å². The molecule has 0 fully saturated rings. The Bertz CT molecular complexity index is 593. The van der Waals surface area contributed by atoms with Gasteiger partial charge in [-0.3, -0.25) is 19.2 Å². The zero-order valence-electron chi connectivity index (χ0n) is 17.1. The van der Waals surface area contributed by atoms with Crippen LogP contribution in [0.1, 0.15) is 53.9 Å². The first-order chi connectivity index (χ1) is 12.9. The van der Waals surface area contributed by atoms with Crippen LogP contribution in [-0.2, 0) is 24.0 Å². The van der Waals surface area contributed by atoms with Crippen LogP contribution < -0.4 is 21.7 Å². The van der Waals surface area contributed by atoms with Crippen molar-refractivity contribution in [1.29, 1.82) is 0 Å². The number of hydrogen-bond donors (Lipinski definition) is 5. The predicted molar refractivity (Wildman–Crippen MR) is 102 cm³/mol. The third kappa shape index (κ3) is 8.83. The lowest BCUT2D eigenvalue weighted by Gasteiger charge is -2.27. The fourth-order valence-corrected chi connectivity index (χ4v) is 2.51. The highest BCUT2D eigenvalue weighted by molar-refractivity contribution is 5.93. The molecule has 10 heteroatoms. The Balaban J connectivity index is 5.41. The molecule has 0 saturated heterocycles. The van der Waals surface area contributed by atoms with E-state index in [1.165, 1.54) is 6.92 Å². The second kappa shape index (κ2) is 11.9. The number of rotatable bonds is 12. The standard InChI is InChI=1S/C18H32N4O6/c1-6-10(4)15(18(27)28)22-16(25)12(7-8-13(19)24)21-17(26)14(9(2)3)20-11(5)23/h9-10,12,14-15H,6-8H2,1-5H3,(H2,19,24)(H,20,23)(H,21,26)(H,22,25)(H,27,28)/t10-,12-,14-,15-/m0/s1. The molecule has 4 atom stereocenters. The van der Waals surface area contributed by atoms with E-state index < -0.39 is 47.7 Å². The number of carboxylic acids is 1. The van der Waals surface area contributed by atoms with Crippen LogP contribution in [0.2, 0.25) is 0 Å². The van der Waals surface area contributed by atoms with Gasteiger partial charge in [-0.05, 0) is 18.3 Å². The SMILES string of the molecule is CC[C@H](C)[C@H](NC(=O)[C@H](CCC(N)=O)NC(=O)[C@@H](NC(C)=O)C(C)C)C(=O)O. The van der Waals surface area contributed by atoms with Crippen LogP contribution in [0.5, 0.6) is 0 Å². The fraction of sp³-hybridized carbons (Fsp3) is 0.722. The van der Waals surface area contributed by atoms with Gasteiger partial charge in [0.05, 0.1) is 0 Å². The van der Waals surface area contributed by atoms with Crippen LogP contribution in [0.25, 0.3) is 0 Å². The molecule has 6 N–H and O–H groups in total. The quantitative estimate of drug-likeness (QED) is 0.296. The van der Waals surface area contributed by atoms with E-state index in [9.17, 15) is 29.1 Å². The molecule has 0 rings (SSSR count). The summed E-state index contributed by atoms with van der Waals surface area (Å²) in [5, 5.41) is 16.8. The minimum atomic E-state index is -1.19. The van der Waals surface area contributed by atoms with E-state index in [0.29, 0.717) is 6.42 Å². The molecular formula is C18H32N4O6. The smallest absolute Gasteiger partial charge is 0.326 e. The molecule has 10 nitrogen and oxygen atoms in total. The number of carboxylic acid groups (broad SMARTS) is 1. The number of carbonyl (C=O) groups excluding carboxylic acids is 4. The first-order valence-corrected chi connectivity index (χ1v) is 9.29. The average molecular weight is 400 g/mol. The molecule has 160 valence electrons. The highest BCUT2D eigenvalue weighted by Gasteiger charge is 2.32. The number of aliphatic carboxylic acids is 1. The molecule has 0 aliphatic heterocycles. The third-order valence-corrected chi connectivity index (χ3v) is 4.40. The van der Waals surface area contributed by atoms with Gasteiger partial charge in [-0.2, -0.15) is 0 Å². The maximum absolute atomic E-state index is 12.6. The van der Waals surface area contributed by atoms with E-state index >= 15 is 0 Å². The highest BCUT2D eigenvalue weighted by Crippen LogP contribution is 2.10. The van der Waals surface area contributed by atoms with Crippen molar-refractivity contribution in [1.82, 2.24) is 16.0 Å². The van der Waals surface area contributed by atoms with E-state index in [-0.39, 0.29) is 24.7 Å². The maximum atomic E-state index is 12.6. The van der Waals surface area contributed by atoms with Crippen molar-refractivity contribution in [2.24, 2.45) is 17.6 Å². The molecule has 0 saturated carbocycles. The summed E-state index contributed by atoms with van der Waals surface area (Å²) in [7, 11) is 0. The van der Waals surface area contributed by atoms with Gasteiger partial charge in [0, 0.05) is 13.3 Å². The van der Waals surface area contributed by atoms with Gasteiger partial charge < -0.3 is 26.8 Å². The Hall–Kier alpha value is -2.65. The molecule has 0 aromatic rings. The first kappa shape index (κ1) is 25.4. The maximum Gasteiger partial charge on any atom is 0.326 e. The van der Waals surface area contributed by atoms with Gasteiger partial charge in [0.2, 0.25) is 23.6 Å². The van der Waals surface area contributed by atoms with Gasteiger partial charge >= 0.3 is 5.97 Å². The van der Waals surface area contributed by atoms with Gasteiger partial charge in [0.1, 0.15) is 18.1 Å². The first-order valence-electron chi connectivity index (χ1n) is 9.29. The predicted octanol–water partition coefficient (Wildman–Crippen LogP) is -0.487. The third-order valence-electron chi connectivity index (χ3n) is 4.40. The lowest BCUT2D eigenvalue weighted by Crippen LogP contribution is -2.57. The number of hydrogen-bond acceptors (Lipinski definition) is 5. The summed E-state index contributed by atoms with van der Waals surface area (Å²) in [6.45, 7) is 8.19. The molecule has 0 unspecified atom stereocenters. The van der Waals surface area contributed by atoms with Crippen LogP contribution in [-0.4, -0.2) is 52.8 Å². The lowest BCUT2D eigenvalue weighted by molar-refractivity contribution is -0.144. The van der Waals surface area contributed by atoms with Crippen LogP contribution in [0.15, 0.2) is 0 Å². The summed E-state index contributed by atoms with van der Waals surface area (Å²) in [5.41, 5.74) is 5.13. The number of nitrogens with two attached hydrogens (primary N) is 1. The van der Waals surface area contributed by atoms with Crippen LogP contribution >= 0.6 is 0 Å². The van der Waals surface area contributed by atoms with E-state index in [0.717, 1.165) is 0 Å². The zero-order valence-corrected chi connectivity index (χ0v) is 17.1. The Kier molecular flexibility index (Phi) is 10.8. The van der Waals surface area contributed by atoms with Gasteiger partial charge in [-0.15, -0.1) is 0 Å². The van der Waals surface area contributed by atoms with Gasteiger partial charge in [-0.25, -0.2) is 4.79 Å². The van der Waals surface area contributed by atoms with Crippen molar-refractivity contribution in [2.75, 3.05) is 0 Å². The highest BCUT2D eigenvalue weighted by atomic mass is 16.4. The van der Waals surface area contributed by atoms with Gasteiger partial charge in [0.25, 0.3) is 0 Å². The summed E-state index contributed by atoms with van der Waals surface area (Å²) >= 11 is 0. The van der Waals surface area contributed by atoms with E-state index in [2.05, 4.69) is 16.0 Å². The van der Waals surface area contributed by atoms with Gasteiger partial charge in [0.15, 0.2) is 0 Å². The normalized spacial score (nSPS) is 15.1. The molecule has 0 aliphatic carbocycles. The molecule has 4 amide bonds. The summed E-state index contributed by atoms with van der Waals surface area (Å²) < 4.78 is 0. The number of nitrogens with one attached hydrogen (secondary N) is 3. The number of carbonyl (C=O) groups is 5. The topological polar surface area (TPSA) is 168 Å². The summed E-state index contributed by atoms with van der Waals surface area (Å²) in [6, 6.07) is -3.19. The van der Waals surface area contributed by atoms with Crippen molar-refractivity contribution in [3.05, 3.63) is 0 Å². The Labute approximate surface area is 165 Å². The number of primary amides is 1. The minimum Gasteiger partial charge on any atom is -0.480 e. The molecule has 0 spiro atoms. The Morgan fingerprint density at radius 2 is 1.50 bits per heavy atom. The molecule has 28 heavy (non-hydrogen) atoms. The molecule has 0 aliphatic rings. The van der Waals surface area contributed by atoms with Crippen molar-refractivity contribution in [3.63, 3.8) is 0 Å². The minimum absolute atomic E-state index is 0.0926. The molecule has 0 heterocycles. The van der Waals surface area contributed by atoms with E-state index in [1.54, 1.807) is 27.7 Å². The fourth-order valence-electron chi connectivity index (χ4n) is 2.51. The summed E-state index contributed by atoms with van der Waals surface area (Å²) in [6.07, 6.45) is 0.254. The van der Waals surface area contributed by atoms with Gasteiger partial charge in [-0.1, -0.05) is 34.1 Å². The Morgan fingerprint density at radius 1 is 0.929 bits per heavy atom. The molecular weight excluding hydrogens is 368 g/mol. The molecule has 0 radical (unpaired) electrons. The van der Waals surface area contributed by atoms with Crippen LogP contribution in [0, 0.1) is 11.8 Å². The van der Waals surface area contributed by atoms with Crippen molar-refractivity contribution >= 4 is 29.6 Å². The lowest BCUT2D eigenvalue weighted by atomic mass is 9.98. The van der Waals surface area contributed by atoms with Crippen LogP contribution in [0.4, 0.5) is 0 Å². The molecule has 0 bridgehead atoms. The number of amides is 4. The van der Waals surface area contributed by atoms with E-state index in [1.807, 2.05) is 0 Å². The van der Waals surface area contributed by atoms with Crippen molar-refractivity contribution in [3.8, 4) is 0 Å². The molecule has 0 aromatic heterocycles. The summed E-state index contributed by atoms with van der Waals surface area (Å²) in [4.78, 5) is 59.0. The zero-order chi connectivity index (χ0) is 22.0. The second-order valence-electron chi connectivity index (χ2n) is 7.20. The van der Waals surface area contributed by atoms with E-state index in [4.69, 9.17) is 5.73 Å². The second-order valence-corrected chi connectivity index (χ2v) is 7.20. The largest absolute Gasteiger partial charge is 0.480 e.